The summed E-state index contributed by atoms with van der Waals surface area (Å²) < 4.78 is 27.5. The SMILES string of the molecule is C=C1/C=C\[C@H](OC(C)=O)[C@@]2(C)C=C[C@@H](OC(C)=O)[C@](O)(COC(C)=O)[C@@H]2[C@H](OC(C)=O)[C@]2(O)[C@@H](C)C(=O)O[C@H]2[C@H]1Cl. The number of allylic oxidation sites excluding steroid dienone is 1. The average Bonchev–Trinajstić information content (AvgIpc) is 3.09. The van der Waals surface area contributed by atoms with Crippen molar-refractivity contribution in [2.24, 2.45) is 17.3 Å². The quantitative estimate of drug-likeness (QED) is 0.201. The summed E-state index contributed by atoms with van der Waals surface area (Å²) in [7, 11) is 0. The highest BCUT2D eigenvalue weighted by atomic mass is 35.5. The highest BCUT2D eigenvalue weighted by Gasteiger charge is 2.71. The molecule has 0 saturated carbocycles. The lowest BCUT2D eigenvalue weighted by Crippen LogP contribution is -2.72. The summed E-state index contributed by atoms with van der Waals surface area (Å²) in [5.74, 6) is -7.11. The van der Waals surface area contributed by atoms with E-state index in [0.717, 1.165) is 27.7 Å². The molecule has 2 aliphatic carbocycles. The average molecular weight is 599 g/mol. The second-order valence-electron chi connectivity index (χ2n) is 10.9. The Kier molecular flexibility index (Phi) is 9.12. The zero-order valence-electron chi connectivity index (χ0n) is 23.6. The van der Waals surface area contributed by atoms with E-state index in [2.05, 4.69) is 6.58 Å². The fraction of sp³-hybridized carbons (Fsp3) is 0.607. The van der Waals surface area contributed by atoms with E-state index < -0.39 is 94.7 Å². The van der Waals surface area contributed by atoms with Crippen molar-refractivity contribution < 1.29 is 57.9 Å². The van der Waals surface area contributed by atoms with Gasteiger partial charge >= 0.3 is 29.8 Å². The number of ether oxygens (including phenoxy) is 5. The number of alkyl halides is 1. The lowest BCUT2D eigenvalue weighted by molar-refractivity contribution is -0.254. The van der Waals surface area contributed by atoms with E-state index in [-0.39, 0.29) is 5.57 Å². The Balaban J connectivity index is 2.48. The third kappa shape index (κ3) is 5.77. The van der Waals surface area contributed by atoms with Gasteiger partial charge in [0, 0.05) is 39.0 Å². The number of esters is 5. The van der Waals surface area contributed by atoms with Gasteiger partial charge in [-0.15, -0.1) is 11.6 Å². The van der Waals surface area contributed by atoms with Crippen LogP contribution >= 0.6 is 11.6 Å². The Morgan fingerprint density at radius 1 is 0.976 bits per heavy atom. The van der Waals surface area contributed by atoms with Crippen LogP contribution < -0.4 is 0 Å². The van der Waals surface area contributed by atoms with E-state index in [9.17, 15) is 34.2 Å². The third-order valence-electron chi connectivity index (χ3n) is 7.94. The molecule has 0 unspecified atom stereocenters. The topological polar surface area (TPSA) is 172 Å². The van der Waals surface area contributed by atoms with Crippen LogP contribution in [0, 0.1) is 17.3 Å². The number of rotatable bonds is 5. The zero-order valence-corrected chi connectivity index (χ0v) is 24.4. The second-order valence-corrected chi connectivity index (χ2v) is 11.3. The van der Waals surface area contributed by atoms with Gasteiger partial charge in [-0.25, -0.2) is 0 Å². The summed E-state index contributed by atoms with van der Waals surface area (Å²) in [6, 6.07) is 0. The monoisotopic (exact) mass is 598 g/mol. The molecule has 1 heterocycles. The molecule has 1 saturated heterocycles. The molecule has 13 heteroatoms. The van der Waals surface area contributed by atoms with E-state index in [0.29, 0.717) is 0 Å². The summed E-state index contributed by atoms with van der Waals surface area (Å²) in [5.41, 5.74) is -6.27. The third-order valence-corrected chi connectivity index (χ3v) is 8.45. The van der Waals surface area contributed by atoms with Crippen molar-refractivity contribution in [1.29, 1.82) is 0 Å². The van der Waals surface area contributed by atoms with Crippen LogP contribution in [0.1, 0.15) is 41.5 Å². The summed E-state index contributed by atoms with van der Waals surface area (Å²) in [6.07, 6.45) is -0.489. The molecule has 0 radical (unpaired) electrons. The fourth-order valence-corrected chi connectivity index (χ4v) is 6.29. The Morgan fingerprint density at radius 2 is 1.54 bits per heavy atom. The maximum Gasteiger partial charge on any atom is 0.312 e. The molecule has 0 bridgehead atoms. The Bertz CT molecular complexity index is 1190. The van der Waals surface area contributed by atoms with Gasteiger partial charge in [0.05, 0.1) is 11.3 Å². The standard InChI is InChI=1S/C28H35ClO12/c1-13-8-9-19(38-16(4)31)26(7)11-10-20(39-17(5)32)27(35,12-37-15(3)30)22(26)24(40-18(6)33)28(36)14(2)25(34)41-23(28)21(13)29/h8-11,14,19-24,35-36H,1,12H2,2-7H3/b9-8-/t14-,19-,20+,21-,22+,23-,24-,26+,27+,28-/m0/s1. The van der Waals surface area contributed by atoms with Crippen LogP contribution in [0.5, 0.6) is 0 Å². The Morgan fingerprint density at radius 3 is 2.07 bits per heavy atom. The minimum Gasteiger partial charge on any atom is -0.463 e. The molecule has 3 rings (SSSR count). The highest BCUT2D eigenvalue weighted by molar-refractivity contribution is 6.23. The van der Waals surface area contributed by atoms with Gasteiger partial charge in [0.25, 0.3) is 0 Å². The van der Waals surface area contributed by atoms with Gasteiger partial charge in [0.1, 0.15) is 24.4 Å². The smallest absolute Gasteiger partial charge is 0.312 e. The molecule has 0 aromatic carbocycles. The molecule has 0 aromatic rings. The molecule has 1 fully saturated rings. The van der Waals surface area contributed by atoms with Crippen LogP contribution in [0.4, 0.5) is 0 Å². The van der Waals surface area contributed by atoms with Gasteiger partial charge in [0.15, 0.2) is 17.8 Å². The predicted molar refractivity (Wildman–Crippen MR) is 141 cm³/mol. The zero-order chi connectivity index (χ0) is 31.1. The van der Waals surface area contributed by atoms with E-state index in [1.54, 1.807) is 0 Å². The fourth-order valence-electron chi connectivity index (χ4n) is 5.97. The number of fused-ring (bicyclic) bond motifs is 2. The van der Waals surface area contributed by atoms with Crippen molar-refractivity contribution in [2.45, 2.75) is 82.5 Å². The Labute approximate surface area is 242 Å². The minimum atomic E-state index is -2.43. The van der Waals surface area contributed by atoms with Crippen molar-refractivity contribution in [3.63, 3.8) is 0 Å². The maximum atomic E-state index is 12.9. The van der Waals surface area contributed by atoms with Gasteiger partial charge in [0.2, 0.25) is 0 Å². The van der Waals surface area contributed by atoms with Crippen LogP contribution in [0.15, 0.2) is 36.5 Å². The lowest BCUT2D eigenvalue weighted by atomic mass is 9.54. The molecular weight excluding hydrogens is 564 g/mol. The summed E-state index contributed by atoms with van der Waals surface area (Å²) >= 11 is 6.68. The number of hydrogen-bond acceptors (Lipinski definition) is 12. The first-order valence-corrected chi connectivity index (χ1v) is 13.3. The minimum absolute atomic E-state index is 0.172. The molecule has 10 atom stereocenters. The molecule has 2 N–H and O–H groups in total. The van der Waals surface area contributed by atoms with Crippen LogP contribution in [0.3, 0.4) is 0 Å². The second kappa shape index (κ2) is 11.6. The van der Waals surface area contributed by atoms with Crippen molar-refractivity contribution in [2.75, 3.05) is 6.61 Å². The largest absolute Gasteiger partial charge is 0.463 e. The van der Waals surface area contributed by atoms with Crippen molar-refractivity contribution in [3.8, 4) is 0 Å². The van der Waals surface area contributed by atoms with Crippen LogP contribution in [-0.2, 0) is 47.7 Å². The number of carbonyl (C=O) groups excluding carboxylic acids is 5. The van der Waals surface area contributed by atoms with Gasteiger partial charge in [-0.1, -0.05) is 25.7 Å². The van der Waals surface area contributed by atoms with E-state index in [4.69, 9.17) is 35.3 Å². The highest BCUT2D eigenvalue weighted by Crippen LogP contribution is 2.55. The number of hydrogen-bond donors (Lipinski definition) is 2. The first-order chi connectivity index (χ1) is 18.9. The predicted octanol–water partition coefficient (Wildman–Crippen LogP) is 1.29. The number of carbonyl (C=O) groups is 5. The van der Waals surface area contributed by atoms with Crippen LogP contribution in [0.2, 0.25) is 0 Å². The van der Waals surface area contributed by atoms with Gasteiger partial charge < -0.3 is 33.9 Å². The normalized spacial score (nSPS) is 40.8. The molecule has 1 aliphatic heterocycles. The molecule has 226 valence electrons. The summed E-state index contributed by atoms with van der Waals surface area (Å²) in [4.78, 5) is 61.9. The van der Waals surface area contributed by atoms with Gasteiger partial charge in [-0.05, 0) is 24.6 Å². The maximum absolute atomic E-state index is 12.9. The number of aliphatic hydroxyl groups is 2. The molecule has 12 nitrogen and oxygen atoms in total. The summed E-state index contributed by atoms with van der Waals surface area (Å²) in [6.45, 7) is 10.3. The van der Waals surface area contributed by atoms with E-state index >= 15 is 0 Å². The first kappa shape index (κ1) is 32.3. The van der Waals surface area contributed by atoms with E-state index in [1.165, 1.54) is 38.2 Å². The Hall–Kier alpha value is -3.22. The molecule has 0 aromatic heterocycles. The molecule has 41 heavy (non-hydrogen) atoms. The van der Waals surface area contributed by atoms with Crippen molar-refractivity contribution in [3.05, 3.63) is 36.5 Å². The molecule has 0 spiro atoms. The molecule has 0 amide bonds. The lowest BCUT2D eigenvalue weighted by Gasteiger charge is -2.57. The van der Waals surface area contributed by atoms with Gasteiger partial charge in [-0.2, -0.15) is 0 Å². The first-order valence-electron chi connectivity index (χ1n) is 12.9. The van der Waals surface area contributed by atoms with Crippen LogP contribution in [0.25, 0.3) is 0 Å². The van der Waals surface area contributed by atoms with E-state index in [1.807, 2.05) is 0 Å². The van der Waals surface area contributed by atoms with Crippen molar-refractivity contribution in [1.82, 2.24) is 0 Å². The van der Waals surface area contributed by atoms with Gasteiger partial charge in [-0.3, -0.25) is 24.0 Å². The van der Waals surface area contributed by atoms with Crippen molar-refractivity contribution >= 4 is 41.4 Å². The molecule has 3 aliphatic rings. The summed E-state index contributed by atoms with van der Waals surface area (Å²) in [5, 5.41) is 23.6. The molecular formula is C28H35ClO12. The number of halogens is 1. The van der Waals surface area contributed by atoms with Crippen LogP contribution in [-0.4, -0.2) is 87.7 Å².